The summed E-state index contributed by atoms with van der Waals surface area (Å²) in [7, 11) is 0. The summed E-state index contributed by atoms with van der Waals surface area (Å²) >= 11 is 1.23. The maximum Gasteiger partial charge on any atom is 0.340 e. The molecule has 3 aromatic rings. The highest BCUT2D eigenvalue weighted by Crippen LogP contribution is 2.26. The second-order valence-electron chi connectivity index (χ2n) is 6.77. The maximum absolute atomic E-state index is 13.3. The van der Waals surface area contributed by atoms with E-state index in [-0.39, 0.29) is 24.0 Å². The van der Waals surface area contributed by atoms with Crippen molar-refractivity contribution in [2.24, 2.45) is 0 Å². The smallest absolute Gasteiger partial charge is 0.340 e. The number of Topliss-reactive ketones (excluding diaryl/α,β-unsaturated/α-hetero) is 1. The number of hydrogen-bond donors (Lipinski definition) is 1. The summed E-state index contributed by atoms with van der Waals surface area (Å²) in [5.41, 5.74) is 2.65. The Kier molecular flexibility index (Phi) is 7.06. The van der Waals surface area contributed by atoms with E-state index < -0.39 is 5.97 Å². The van der Waals surface area contributed by atoms with Crippen LogP contribution in [0.4, 0.5) is 4.39 Å². The molecule has 0 aliphatic heterocycles. The van der Waals surface area contributed by atoms with Gasteiger partial charge in [-0.25, -0.2) is 9.18 Å². The van der Waals surface area contributed by atoms with Crippen LogP contribution in [0.25, 0.3) is 11.4 Å². The molecule has 1 aromatic carbocycles. The van der Waals surface area contributed by atoms with Gasteiger partial charge in [-0.3, -0.25) is 9.36 Å². The van der Waals surface area contributed by atoms with Gasteiger partial charge in [0.05, 0.1) is 23.6 Å². The summed E-state index contributed by atoms with van der Waals surface area (Å²) in [6.45, 7) is 9.65. The molecular weight excluding hydrogens is 419 g/mol. The number of ketones is 1. The molecule has 0 aliphatic carbocycles. The first-order valence-electron chi connectivity index (χ1n) is 9.69. The Morgan fingerprint density at radius 3 is 2.61 bits per heavy atom. The quantitative estimate of drug-likeness (QED) is 0.229. The van der Waals surface area contributed by atoms with E-state index in [1.807, 2.05) is 4.57 Å². The largest absolute Gasteiger partial charge is 0.462 e. The number of halogens is 1. The Bertz CT molecular complexity index is 1120. The van der Waals surface area contributed by atoms with Gasteiger partial charge in [0.15, 0.2) is 16.8 Å². The summed E-state index contributed by atoms with van der Waals surface area (Å²) in [6, 6.07) is 5.97. The van der Waals surface area contributed by atoms with Crippen LogP contribution in [-0.2, 0) is 11.3 Å². The number of rotatable bonds is 9. The van der Waals surface area contributed by atoms with E-state index in [0.717, 1.165) is 0 Å². The predicted octanol–water partition coefficient (Wildman–Crippen LogP) is 4.37. The Balaban J connectivity index is 1.81. The van der Waals surface area contributed by atoms with Crippen molar-refractivity contribution in [2.45, 2.75) is 32.5 Å². The number of aromatic amines is 1. The van der Waals surface area contributed by atoms with E-state index >= 15 is 0 Å². The molecule has 2 heterocycles. The average Bonchev–Trinajstić information content (AvgIpc) is 3.27. The molecule has 3 rings (SSSR count). The number of carbonyl (C=O) groups excluding carboxylic acids is 2. The molecule has 0 radical (unpaired) electrons. The van der Waals surface area contributed by atoms with Gasteiger partial charge in [-0.1, -0.05) is 17.8 Å². The van der Waals surface area contributed by atoms with Crippen LogP contribution < -0.4 is 0 Å². The zero-order valence-corrected chi connectivity index (χ0v) is 18.4. The third-order valence-corrected chi connectivity index (χ3v) is 5.63. The molecular formula is C22H23FN4O3S. The number of allylic oxidation sites excluding steroid dienone is 1. The van der Waals surface area contributed by atoms with Crippen molar-refractivity contribution in [1.29, 1.82) is 0 Å². The second kappa shape index (κ2) is 9.74. The first kappa shape index (κ1) is 22.5. The molecule has 0 spiro atoms. The highest BCUT2D eigenvalue weighted by Gasteiger charge is 2.23. The fourth-order valence-corrected chi connectivity index (χ4v) is 4.06. The molecule has 0 bridgehead atoms. The van der Waals surface area contributed by atoms with E-state index in [9.17, 15) is 14.0 Å². The van der Waals surface area contributed by atoms with Gasteiger partial charge in [0.1, 0.15) is 5.82 Å². The van der Waals surface area contributed by atoms with Gasteiger partial charge in [-0.15, -0.1) is 16.8 Å². The lowest BCUT2D eigenvalue weighted by atomic mass is 10.1. The third kappa shape index (κ3) is 4.77. The van der Waals surface area contributed by atoms with Gasteiger partial charge in [0.2, 0.25) is 0 Å². The number of aryl methyl sites for hydroxylation is 1. The van der Waals surface area contributed by atoms with Crippen molar-refractivity contribution < 1.29 is 18.7 Å². The molecule has 31 heavy (non-hydrogen) atoms. The minimum atomic E-state index is -0.449. The van der Waals surface area contributed by atoms with Crippen LogP contribution in [0.2, 0.25) is 0 Å². The van der Waals surface area contributed by atoms with E-state index in [2.05, 4.69) is 21.8 Å². The van der Waals surface area contributed by atoms with Crippen LogP contribution in [-0.4, -0.2) is 43.9 Å². The standard InChI is InChI=1S/C22H23FN4O3S/c1-5-11-27-20(15-7-9-16(23)10-8-15)25-26-22(27)31-12-17(28)19-13(3)18(14(4)24-19)21(29)30-6-2/h5,7-10,24H,1,6,11-12H2,2-4H3. The SMILES string of the molecule is C=CCn1c(SCC(=O)c2[nH]c(C)c(C(=O)OCC)c2C)nnc1-c1ccc(F)cc1. The number of nitrogens with one attached hydrogen (secondary N) is 1. The Morgan fingerprint density at radius 1 is 1.26 bits per heavy atom. The minimum Gasteiger partial charge on any atom is -0.462 e. The number of esters is 1. The van der Waals surface area contributed by atoms with Crippen molar-refractivity contribution in [3.63, 3.8) is 0 Å². The van der Waals surface area contributed by atoms with Gasteiger partial charge in [0, 0.05) is 17.8 Å². The number of nitrogens with zero attached hydrogens (tertiary/aromatic N) is 3. The zero-order chi connectivity index (χ0) is 22.5. The fourth-order valence-electron chi connectivity index (χ4n) is 3.24. The molecule has 0 amide bonds. The van der Waals surface area contributed by atoms with Crippen LogP contribution >= 0.6 is 11.8 Å². The molecule has 0 saturated heterocycles. The van der Waals surface area contributed by atoms with E-state index in [0.29, 0.717) is 45.6 Å². The topological polar surface area (TPSA) is 89.9 Å². The van der Waals surface area contributed by atoms with E-state index in [4.69, 9.17) is 4.74 Å². The number of ether oxygens (including phenoxy) is 1. The van der Waals surface area contributed by atoms with Crippen molar-refractivity contribution in [2.75, 3.05) is 12.4 Å². The highest BCUT2D eigenvalue weighted by atomic mass is 32.2. The fraction of sp³-hybridized carbons (Fsp3) is 0.273. The molecule has 7 nitrogen and oxygen atoms in total. The molecule has 0 unspecified atom stereocenters. The van der Waals surface area contributed by atoms with Crippen molar-refractivity contribution in [3.05, 3.63) is 65.3 Å². The lowest BCUT2D eigenvalue weighted by molar-refractivity contribution is 0.0525. The number of hydrogen-bond acceptors (Lipinski definition) is 6. The lowest BCUT2D eigenvalue weighted by Gasteiger charge is -2.07. The average molecular weight is 443 g/mol. The number of H-pyrrole nitrogens is 1. The third-order valence-electron chi connectivity index (χ3n) is 4.66. The number of benzene rings is 1. The minimum absolute atomic E-state index is 0.0990. The Morgan fingerprint density at radius 2 is 1.97 bits per heavy atom. The van der Waals surface area contributed by atoms with Crippen LogP contribution in [0.15, 0.2) is 42.1 Å². The second-order valence-corrected chi connectivity index (χ2v) is 7.71. The van der Waals surface area contributed by atoms with Gasteiger partial charge >= 0.3 is 5.97 Å². The summed E-state index contributed by atoms with van der Waals surface area (Å²) in [6.07, 6.45) is 1.70. The van der Waals surface area contributed by atoms with Gasteiger partial charge in [0.25, 0.3) is 0 Å². The molecule has 9 heteroatoms. The molecule has 0 saturated carbocycles. The predicted molar refractivity (Wildman–Crippen MR) is 117 cm³/mol. The molecule has 2 aromatic heterocycles. The molecule has 1 N–H and O–H groups in total. The summed E-state index contributed by atoms with van der Waals surface area (Å²) in [4.78, 5) is 28.0. The normalized spacial score (nSPS) is 10.8. The molecule has 162 valence electrons. The number of carbonyl (C=O) groups is 2. The van der Waals surface area contributed by atoms with Crippen LogP contribution in [0.5, 0.6) is 0 Å². The van der Waals surface area contributed by atoms with Crippen LogP contribution in [0, 0.1) is 19.7 Å². The van der Waals surface area contributed by atoms with Gasteiger partial charge in [-0.05, 0) is 50.6 Å². The van der Waals surface area contributed by atoms with Crippen molar-refractivity contribution in [3.8, 4) is 11.4 Å². The summed E-state index contributed by atoms with van der Waals surface area (Å²) in [5, 5.41) is 8.94. The highest BCUT2D eigenvalue weighted by molar-refractivity contribution is 7.99. The molecule has 0 aliphatic rings. The molecule has 0 atom stereocenters. The maximum atomic E-state index is 13.3. The van der Waals surface area contributed by atoms with Crippen LogP contribution in [0.3, 0.4) is 0 Å². The summed E-state index contributed by atoms with van der Waals surface area (Å²) < 4.78 is 20.1. The Hall–Kier alpha value is -3.20. The molecule has 0 fully saturated rings. The Labute approximate surface area is 183 Å². The van der Waals surface area contributed by atoms with Gasteiger partial charge < -0.3 is 9.72 Å². The van der Waals surface area contributed by atoms with E-state index in [1.165, 1.54) is 23.9 Å². The monoisotopic (exact) mass is 442 g/mol. The van der Waals surface area contributed by atoms with Crippen LogP contribution in [0.1, 0.15) is 39.0 Å². The first-order chi connectivity index (χ1) is 14.9. The van der Waals surface area contributed by atoms with Crippen molar-refractivity contribution >= 4 is 23.5 Å². The first-order valence-corrected chi connectivity index (χ1v) is 10.7. The lowest BCUT2D eigenvalue weighted by Crippen LogP contribution is -2.09. The van der Waals surface area contributed by atoms with Gasteiger partial charge in [-0.2, -0.15) is 0 Å². The van der Waals surface area contributed by atoms with Crippen molar-refractivity contribution in [1.82, 2.24) is 19.7 Å². The van der Waals surface area contributed by atoms with E-state index in [1.54, 1.807) is 39.0 Å². The summed E-state index contributed by atoms with van der Waals surface area (Å²) in [5.74, 6) is -0.293. The zero-order valence-electron chi connectivity index (χ0n) is 17.6. The number of aromatic nitrogens is 4. The number of thioether (sulfide) groups is 1.